The number of anilines is 2. The molecule has 0 saturated heterocycles. The summed E-state index contributed by atoms with van der Waals surface area (Å²) in [5.41, 5.74) is 2.84. The number of Topliss-reactive ketones (excluding diaryl/α,β-unsaturated/α-hetero) is 1. The van der Waals surface area contributed by atoms with E-state index >= 15 is 0 Å². The second-order valence-electron chi connectivity index (χ2n) is 5.49. The van der Waals surface area contributed by atoms with Crippen molar-refractivity contribution in [2.75, 3.05) is 18.2 Å². The number of thioether (sulfide) groups is 1. The number of rotatable bonds is 8. The van der Waals surface area contributed by atoms with Gasteiger partial charge in [0.1, 0.15) is 5.75 Å². The summed E-state index contributed by atoms with van der Waals surface area (Å²) in [7, 11) is 1.63. The minimum Gasteiger partial charge on any atom is -0.497 e. The molecule has 0 atom stereocenters. The van der Waals surface area contributed by atoms with Gasteiger partial charge in [-0.1, -0.05) is 60.4 Å². The van der Waals surface area contributed by atoms with E-state index in [1.54, 1.807) is 7.11 Å². The van der Waals surface area contributed by atoms with Crippen LogP contribution in [0.3, 0.4) is 0 Å². The highest BCUT2D eigenvalue weighted by atomic mass is 32.2. The Kier molecular flexibility index (Phi) is 6.25. The molecule has 1 N–H and O–H groups in total. The van der Waals surface area contributed by atoms with E-state index in [0.717, 1.165) is 27.8 Å². The maximum Gasteiger partial charge on any atom is 0.210 e. The standard InChI is InChI=1S/C19H19N3O2S2/c1-3-13-7-9-14(10-8-13)17(23)12-25-19-22-21-18(26-19)20-15-5-4-6-16(11-15)24-2/h4-11H,3,12H2,1-2H3,(H,20,21). The summed E-state index contributed by atoms with van der Waals surface area (Å²) in [6.07, 6.45) is 0.969. The van der Waals surface area contributed by atoms with Crippen molar-refractivity contribution >= 4 is 39.7 Å². The lowest BCUT2D eigenvalue weighted by Gasteiger charge is -2.04. The molecule has 0 amide bonds. The molecular formula is C19H19N3O2S2. The fourth-order valence-corrected chi connectivity index (χ4v) is 3.95. The highest BCUT2D eigenvalue weighted by Crippen LogP contribution is 2.29. The van der Waals surface area contributed by atoms with E-state index in [1.807, 2.05) is 48.5 Å². The first-order valence-corrected chi connectivity index (χ1v) is 9.97. The van der Waals surface area contributed by atoms with Crippen molar-refractivity contribution in [1.29, 1.82) is 0 Å². The third kappa shape index (κ3) is 4.83. The summed E-state index contributed by atoms with van der Waals surface area (Å²) in [4.78, 5) is 12.3. The molecule has 0 aliphatic carbocycles. The first-order chi connectivity index (χ1) is 12.7. The van der Waals surface area contributed by atoms with Gasteiger partial charge in [-0.25, -0.2) is 0 Å². The number of ether oxygens (including phenoxy) is 1. The first kappa shape index (κ1) is 18.4. The minimum atomic E-state index is 0.0927. The van der Waals surface area contributed by atoms with Gasteiger partial charge in [0.25, 0.3) is 0 Å². The number of methoxy groups -OCH3 is 1. The van der Waals surface area contributed by atoms with Crippen LogP contribution in [0.25, 0.3) is 0 Å². The topological polar surface area (TPSA) is 64.1 Å². The van der Waals surface area contributed by atoms with E-state index in [0.29, 0.717) is 10.9 Å². The summed E-state index contributed by atoms with van der Waals surface area (Å²) < 4.78 is 5.96. The van der Waals surface area contributed by atoms with Crippen molar-refractivity contribution in [1.82, 2.24) is 10.2 Å². The van der Waals surface area contributed by atoms with Crippen LogP contribution >= 0.6 is 23.1 Å². The van der Waals surface area contributed by atoms with Crippen LogP contribution < -0.4 is 10.1 Å². The molecule has 26 heavy (non-hydrogen) atoms. The predicted molar refractivity (Wildman–Crippen MR) is 107 cm³/mol. The van der Waals surface area contributed by atoms with Gasteiger partial charge in [0.15, 0.2) is 10.1 Å². The normalized spacial score (nSPS) is 10.5. The van der Waals surface area contributed by atoms with Gasteiger partial charge in [-0.05, 0) is 24.1 Å². The molecule has 0 radical (unpaired) electrons. The summed E-state index contributed by atoms with van der Waals surface area (Å²) in [6.45, 7) is 2.10. The molecule has 0 unspecified atom stereocenters. The van der Waals surface area contributed by atoms with Crippen molar-refractivity contribution in [3.63, 3.8) is 0 Å². The number of aromatic nitrogens is 2. The van der Waals surface area contributed by atoms with Gasteiger partial charge in [0.05, 0.1) is 12.9 Å². The molecule has 1 aromatic heterocycles. The van der Waals surface area contributed by atoms with Gasteiger partial charge >= 0.3 is 0 Å². The molecular weight excluding hydrogens is 366 g/mol. The molecule has 0 saturated carbocycles. The summed E-state index contributed by atoms with van der Waals surface area (Å²) in [6, 6.07) is 15.4. The summed E-state index contributed by atoms with van der Waals surface area (Å²) in [5.74, 6) is 1.21. The Labute approximate surface area is 160 Å². The highest BCUT2D eigenvalue weighted by Gasteiger charge is 2.10. The molecule has 5 nitrogen and oxygen atoms in total. The average molecular weight is 386 g/mol. The first-order valence-electron chi connectivity index (χ1n) is 8.17. The van der Waals surface area contributed by atoms with Crippen molar-refractivity contribution in [2.45, 2.75) is 17.7 Å². The average Bonchev–Trinajstić information content (AvgIpc) is 3.13. The van der Waals surface area contributed by atoms with E-state index in [-0.39, 0.29) is 5.78 Å². The zero-order valence-electron chi connectivity index (χ0n) is 14.6. The Balaban J connectivity index is 1.56. The number of nitrogens with one attached hydrogen (secondary N) is 1. The Hall–Kier alpha value is -2.38. The lowest BCUT2D eigenvalue weighted by atomic mass is 10.1. The molecule has 2 aromatic carbocycles. The van der Waals surface area contributed by atoms with Crippen LogP contribution in [0.2, 0.25) is 0 Å². The number of hydrogen-bond donors (Lipinski definition) is 1. The van der Waals surface area contributed by atoms with Gasteiger partial charge < -0.3 is 10.1 Å². The van der Waals surface area contributed by atoms with Gasteiger partial charge in [0.2, 0.25) is 5.13 Å². The zero-order valence-corrected chi connectivity index (χ0v) is 16.2. The third-order valence-corrected chi connectivity index (χ3v) is 5.71. The Morgan fingerprint density at radius 2 is 2.00 bits per heavy atom. The molecule has 0 aliphatic heterocycles. The number of aryl methyl sites for hydroxylation is 1. The maximum absolute atomic E-state index is 12.3. The van der Waals surface area contributed by atoms with Crippen LogP contribution in [-0.2, 0) is 6.42 Å². The molecule has 7 heteroatoms. The Bertz CT molecular complexity index is 879. The second-order valence-corrected chi connectivity index (χ2v) is 7.69. The van der Waals surface area contributed by atoms with E-state index in [1.165, 1.54) is 28.7 Å². The Morgan fingerprint density at radius 3 is 2.73 bits per heavy atom. The van der Waals surface area contributed by atoms with Gasteiger partial charge in [-0.2, -0.15) is 0 Å². The van der Waals surface area contributed by atoms with E-state index < -0.39 is 0 Å². The fraction of sp³-hybridized carbons (Fsp3) is 0.211. The van der Waals surface area contributed by atoms with Crippen molar-refractivity contribution in [2.24, 2.45) is 0 Å². The zero-order chi connectivity index (χ0) is 18.4. The predicted octanol–water partition coefficient (Wildman–Crippen LogP) is 4.83. The van der Waals surface area contributed by atoms with Gasteiger partial charge in [-0.3, -0.25) is 4.79 Å². The van der Waals surface area contributed by atoms with Crippen LogP contribution in [0.15, 0.2) is 52.9 Å². The molecule has 3 aromatic rings. The lowest BCUT2D eigenvalue weighted by molar-refractivity contribution is 0.102. The molecule has 0 bridgehead atoms. The quantitative estimate of drug-likeness (QED) is 0.443. The van der Waals surface area contributed by atoms with E-state index in [2.05, 4.69) is 22.4 Å². The number of benzene rings is 2. The van der Waals surface area contributed by atoms with E-state index in [4.69, 9.17) is 4.74 Å². The smallest absolute Gasteiger partial charge is 0.210 e. The monoisotopic (exact) mass is 385 g/mol. The summed E-state index contributed by atoms with van der Waals surface area (Å²) >= 11 is 2.82. The molecule has 3 rings (SSSR count). The molecule has 0 aliphatic rings. The molecule has 1 heterocycles. The molecule has 0 fully saturated rings. The number of carbonyl (C=O) groups excluding carboxylic acids is 1. The number of hydrogen-bond acceptors (Lipinski definition) is 7. The molecule has 0 spiro atoms. The second kappa shape index (κ2) is 8.82. The highest BCUT2D eigenvalue weighted by molar-refractivity contribution is 8.01. The van der Waals surface area contributed by atoms with Crippen molar-refractivity contribution in [3.8, 4) is 5.75 Å². The lowest BCUT2D eigenvalue weighted by Crippen LogP contribution is -2.02. The third-order valence-electron chi connectivity index (χ3n) is 3.74. The van der Waals surface area contributed by atoms with Crippen LogP contribution in [0.1, 0.15) is 22.8 Å². The van der Waals surface area contributed by atoms with Crippen molar-refractivity contribution in [3.05, 3.63) is 59.7 Å². The van der Waals surface area contributed by atoms with Crippen LogP contribution in [0, 0.1) is 0 Å². The Morgan fingerprint density at radius 1 is 1.19 bits per heavy atom. The largest absolute Gasteiger partial charge is 0.497 e. The fourth-order valence-electron chi connectivity index (χ4n) is 2.28. The molecule has 134 valence electrons. The SMILES string of the molecule is CCc1ccc(C(=O)CSc2nnc(Nc3cccc(OC)c3)s2)cc1. The van der Waals surface area contributed by atoms with Gasteiger partial charge in [0, 0.05) is 17.3 Å². The van der Waals surface area contributed by atoms with Crippen LogP contribution in [0.5, 0.6) is 5.75 Å². The van der Waals surface area contributed by atoms with Crippen LogP contribution in [-0.4, -0.2) is 28.8 Å². The maximum atomic E-state index is 12.3. The minimum absolute atomic E-state index is 0.0927. The van der Waals surface area contributed by atoms with Crippen molar-refractivity contribution < 1.29 is 9.53 Å². The van der Waals surface area contributed by atoms with Gasteiger partial charge in [-0.15, -0.1) is 10.2 Å². The number of carbonyl (C=O) groups is 1. The van der Waals surface area contributed by atoms with Crippen LogP contribution in [0.4, 0.5) is 10.8 Å². The number of ketones is 1. The number of nitrogens with zero attached hydrogens (tertiary/aromatic N) is 2. The summed E-state index contributed by atoms with van der Waals surface area (Å²) in [5, 5.41) is 12.1. The van der Waals surface area contributed by atoms with E-state index in [9.17, 15) is 4.79 Å².